The van der Waals surface area contributed by atoms with Gasteiger partial charge in [0.2, 0.25) is 0 Å². The molecule has 0 saturated carbocycles. The van der Waals surface area contributed by atoms with Crippen molar-refractivity contribution in [2.24, 2.45) is 0 Å². The lowest BCUT2D eigenvalue weighted by molar-refractivity contribution is -0.202. The van der Waals surface area contributed by atoms with E-state index in [2.05, 4.69) is 5.32 Å². The second-order valence-corrected chi connectivity index (χ2v) is 5.75. The number of aliphatic hydroxyl groups is 1. The summed E-state index contributed by atoms with van der Waals surface area (Å²) in [6.45, 7) is 1.06. The average Bonchev–Trinajstić information content (AvgIpc) is 2.52. The molecule has 0 aliphatic rings. The number of hydrogen-bond acceptors (Lipinski definition) is 3. The number of nitrogens with one attached hydrogen (secondary N) is 1. The van der Waals surface area contributed by atoms with Crippen LogP contribution in [0.2, 0.25) is 8.67 Å². The van der Waals surface area contributed by atoms with E-state index < -0.39 is 24.9 Å². The Balaban J connectivity index is 2.56. The van der Waals surface area contributed by atoms with Crippen molar-refractivity contribution in [3.8, 4) is 0 Å². The number of rotatable bonds is 4. The topological polar surface area (TPSA) is 32.3 Å². The molecule has 8 heteroatoms. The van der Waals surface area contributed by atoms with E-state index in [1.54, 1.807) is 13.0 Å². The summed E-state index contributed by atoms with van der Waals surface area (Å²) < 4.78 is 37.0. The third-order valence-corrected chi connectivity index (χ3v) is 3.66. The monoisotopic (exact) mass is 307 g/mol. The van der Waals surface area contributed by atoms with E-state index in [1.807, 2.05) is 0 Å². The molecule has 0 aromatic carbocycles. The molecule has 0 amide bonds. The summed E-state index contributed by atoms with van der Waals surface area (Å²) in [4.78, 5) is 0. The van der Waals surface area contributed by atoms with Crippen LogP contribution in [0.4, 0.5) is 13.2 Å². The first kappa shape index (κ1) is 15.0. The lowest BCUT2D eigenvalue weighted by atomic mass is 10.2. The van der Waals surface area contributed by atoms with Crippen LogP contribution in [0.5, 0.6) is 0 Å². The number of halogens is 5. The van der Waals surface area contributed by atoms with Crippen molar-refractivity contribution in [1.82, 2.24) is 5.32 Å². The van der Waals surface area contributed by atoms with E-state index in [-0.39, 0.29) is 0 Å². The van der Waals surface area contributed by atoms with E-state index in [0.29, 0.717) is 14.2 Å². The summed E-state index contributed by atoms with van der Waals surface area (Å²) in [6, 6.07) is 1.18. The highest BCUT2D eigenvalue weighted by molar-refractivity contribution is 7.20. The normalized spacial score (nSPS) is 15.9. The van der Waals surface area contributed by atoms with Crippen molar-refractivity contribution >= 4 is 34.5 Å². The van der Waals surface area contributed by atoms with Crippen LogP contribution in [-0.2, 0) is 0 Å². The predicted molar refractivity (Wildman–Crippen MR) is 62.8 cm³/mol. The Morgan fingerprint density at radius 2 is 2.06 bits per heavy atom. The van der Waals surface area contributed by atoms with Crippen molar-refractivity contribution in [2.75, 3.05) is 6.54 Å². The van der Waals surface area contributed by atoms with Gasteiger partial charge < -0.3 is 10.4 Å². The quantitative estimate of drug-likeness (QED) is 0.890. The molecule has 98 valence electrons. The maximum atomic E-state index is 12.1. The zero-order chi connectivity index (χ0) is 13.2. The highest BCUT2D eigenvalue weighted by Gasteiger charge is 2.38. The van der Waals surface area contributed by atoms with Gasteiger partial charge in [0.1, 0.15) is 0 Å². The van der Waals surface area contributed by atoms with Gasteiger partial charge in [-0.2, -0.15) is 13.2 Å². The molecule has 2 unspecified atom stereocenters. The zero-order valence-corrected chi connectivity index (χ0v) is 11.0. The van der Waals surface area contributed by atoms with Crippen LogP contribution in [-0.4, -0.2) is 23.9 Å². The van der Waals surface area contributed by atoms with Crippen molar-refractivity contribution in [1.29, 1.82) is 0 Å². The van der Waals surface area contributed by atoms with Gasteiger partial charge in [0.05, 0.1) is 8.67 Å². The number of hydrogen-bond donors (Lipinski definition) is 2. The second-order valence-electron chi connectivity index (χ2n) is 3.47. The SMILES string of the molecule is CC(NCC(O)C(F)(F)F)c1cc(Cl)sc1Cl. The van der Waals surface area contributed by atoms with Crippen molar-refractivity contribution < 1.29 is 18.3 Å². The van der Waals surface area contributed by atoms with Crippen LogP contribution >= 0.6 is 34.5 Å². The zero-order valence-electron chi connectivity index (χ0n) is 8.68. The van der Waals surface area contributed by atoms with Crippen LogP contribution in [0.3, 0.4) is 0 Å². The highest BCUT2D eigenvalue weighted by atomic mass is 35.5. The molecule has 0 aliphatic carbocycles. The van der Waals surface area contributed by atoms with Crippen LogP contribution in [0.25, 0.3) is 0 Å². The molecular formula is C9H10Cl2F3NOS. The Hall–Kier alpha value is -0.0100. The smallest absolute Gasteiger partial charge is 0.382 e. The fourth-order valence-electron chi connectivity index (χ4n) is 1.16. The molecule has 0 saturated heterocycles. The Labute approximate surface area is 110 Å². The fraction of sp³-hybridized carbons (Fsp3) is 0.556. The molecule has 1 aromatic rings. The Kier molecular flexibility index (Phi) is 5.09. The molecular weight excluding hydrogens is 298 g/mol. The third-order valence-electron chi connectivity index (χ3n) is 2.14. The Bertz CT molecular complexity index is 383. The fourth-order valence-corrected chi connectivity index (χ4v) is 2.81. The minimum absolute atomic E-state index is 0.414. The van der Waals surface area contributed by atoms with Crippen molar-refractivity contribution in [3.63, 3.8) is 0 Å². The largest absolute Gasteiger partial charge is 0.415 e. The first-order chi connectivity index (χ1) is 7.71. The molecule has 2 nitrogen and oxygen atoms in total. The summed E-state index contributed by atoms with van der Waals surface area (Å²) in [5.74, 6) is 0. The van der Waals surface area contributed by atoms with E-state index in [1.165, 1.54) is 0 Å². The van der Waals surface area contributed by atoms with Crippen LogP contribution < -0.4 is 5.32 Å². The van der Waals surface area contributed by atoms with Crippen LogP contribution in [0.1, 0.15) is 18.5 Å². The van der Waals surface area contributed by atoms with Gasteiger partial charge in [0.15, 0.2) is 6.10 Å². The predicted octanol–water partition coefficient (Wildman–Crippen LogP) is 3.63. The molecule has 1 rings (SSSR count). The summed E-state index contributed by atoms with van der Waals surface area (Å²) in [6.07, 6.45) is -7.01. The maximum Gasteiger partial charge on any atom is 0.415 e. The van der Waals surface area contributed by atoms with E-state index in [9.17, 15) is 13.2 Å². The first-order valence-corrected chi connectivity index (χ1v) is 6.22. The maximum absolute atomic E-state index is 12.1. The lowest BCUT2D eigenvalue weighted by Gasteiger charge is -2.18. The highest BCUT2D eigenvalue weighted by Crippen LogP contribution is 2.34. The minimum atomic E-state index is -4.62. The molecule has 0 spiro atoms. The molecule has 17 heavy (non-hydrogen) atoms. The van der Waals surface area contributed by atoms with Gasteiger partial charge in [-0.25, -0.2) is 0 Å². The average molecular weight is 308 g/mol. The molecule has 0 radical (unpaired) electrons. The molecule has 0 aliphatic heterocycles. The van der Waals surface area contributed by atoms with E-state index >= 15 is 0 Å². The minimum Gasteiger partial charge on any atom is -0.382 e. The van der Waals surface area contributed by atoms with Gasteiger partial charge in [-0.1, -0.05) is 23.2 Å². The number of thiophene rings is 1. The summed E-state index contributed by atoms with van der Waals surface area (Å²) in [5.41, 5.74) is 0.621. The van der Waals surface area contributed by atoms with Gasteiger partial charge in [-0.05, 0) is 18.6 Å². The van der Waals surface area contributed by atoms with Gasteiger partial charge in [-0.15, -0.1) is 11.3 Å². The van der Waals surface area contributed by atoms with Crippen molar-refractivity contribution in [2.45, 2.75) is 25.2 Å². The molecule has 0 bridgehead atoms. The van der Waals surface area contributed by atoms with Crippen LogP contribution in [0.15, 0.2) is 6.07 Å². The van der Waals surface area contributed by atoms with Gasteiger partial charge in [0.25, 0.3) is 0 Å². The molecule has 0 fully saturated rings. The standard InChI is InChI=1S/C9H10Cl2F3NOS/c1-4(5-2-7(10)17-8(5)11)15-3-6(16)9(12,13)14/h2,4,6,15-16H,3H2,1H3. The van der Waals surface area contributed by atoms with Crippen molar-refractivity contribution in [3.05, 3.63) is 20.3 Å². The van der Waals surface area contributed by atoms with Gasteiger partial charge >= 0.3 is 6.18 Å². The summed E-state index contributed by atoms with van der Waals surface area (Å²) in [7, 11) is 0. The van der Waals surface area contributed by atoms with E-state index in [0.717, 1.165) is 11.3 Å². The summed E-state index contributed by atoms with van der Waals surface area (Å²) in [5, 5.41) is 11.4. The lowest BCUT2D eigenvalue weighted by Crippen LogP contribution is -2.39. The molecule has 1 aromatic heterocycles. The Morgan fingerprint density at radius 3 is 2.47 bits per heavy atom. The second kappa shape index (κ2) is 5.75. The third kappa shape index (κ3) is 4.30. The first-order valence-electron chi connectivity index (χ1n) is 4.64. The summed E-state index contributed by atoms with van der Waals surface area (Å²) >= 11 is 12.7. The number of aliphatic hydroxyl groups excluding tert-OH is 1. The van der Waals surface area contributed by atoms with Crippen LogP contribution in [0, 0.1) is 0 Å². The Morgan fingerprint density at radius 1 is 1.47 bits per heavy atom. The van der Waals surface area contributed by atoms with E-state index in [4.69, 9.17) is 28.3 Å². The van der Waals surface area contributed by atoms with Gasteiger partial charge in [-0.3, -0.25) is 0 Å². The molecule has 2 atom stereocenters. The van der Waals surface area contributed by atoms with Gasteiger partial charge in [0, 0.05) is 12.6 Å². The molecule has 2 N–H and O–H groups in total. The molecule has 1 heterocycles. The number of alkyl halides is 3.